The van der Waals surface area contributed by atoms with Crippen LogP contribution in [0.4, 0.5) is 5.82 Å². The Morgan fingerprint density at radius 2 is 1.73 bits per heavy atom. The molecular weight excluding hydrogens is 332 g/mol. The maximum Gasteiger partial charge on any atom is 0.270 e. The van der Waals surface area contributed by atoms with Crippen LogP contribution in [0.5, 0.6) is 5.88 Å². The number of ether oxygens (including phenoxy) is 1. The first-order valence-electron chi connectivity index (χ1n) is 7.77. The van der Waals surface area contributed by atoms with Crippen molar-refractivity contribution < 1.29 is 12.0 Å². The lowest BCUT2D eigenvalue weighted by atomic mass is 10.2. The molecule has 4 aromatic rings. The lowest BCUT2D eigenvalue weighted by Crippen LogP contribution is -1.99. The third kappa shape index (κ3) is 2.95. The van der Waals surface area contributed by atoms with Gasteiger partial charge in [-0.1, -0.05) is 18.2 Å². The van der Waals surface area contributed by atoms with E-state index in [1.54, 1.807) is 25.6 Å². The van der Waals surface area contributed by atoms with E-state index in [0.29, 0.717) is 23.2 Å². The van der Waals surface area contributed by atoms with Crippen molar-refractivity contribution in [3.63, 3.8) is 0 Å². The van der Waals surface area contributed by atoms with Crippen molar-refractivity contribution in [1.82, 2.24) is 25.1 Å². The van der Waals surface area contributed by atoms with E-state index in [0.717, 1.165) is 11.1 Å². The number of nitrogens with two attached hydrogens (primary N) is 1. The summed E-state index contributed by atoms with van der Waals surface area (Å²) in [6.45, 7) is 0. The molecule has 132 valence electrons. The summed E-state index contributed by atoms with van der Waals surface area (Å²) in [7, 11) is 1.56. The number of aromatic nitrogens is 5. The van der Waals surface area contributed by atoms with E-state index < -0.39 is 0 Å². The molecule has 0 aliphatic carbocycles. The molecule has 0 atom stereocenters. The van der Waals surface area contributed by atoms with Gasteiger partial charge in [0.2, 0.25) is 11.8 Å². The van der Waals surface area contributed by atoms with E-state index in [2.05, 4.69) is 25.1 Å². The largest absolute Gasteiger partial charge is 0.481 e. The third-order valence-corrected chi connectivity index (χ3v) is 3.69. The van der Waals surface area contributed by atoms with Crippen LogP contribution in [-0.4, -0.2) is 32.3 Å². The van der Waals surface area contributed by atoms with Crippen LogP contribution < -0.4 is 10.5 Å². The van der Waals surface area contributed by atoms with Crippen LogP contribution in [0.3, 0.4) is 0 Å². The first kappa shape index (κ1) is 15.7. The number of hydrogen-bond acceptors (Lipinski definition) is 8. The highest BCUT2D eigenvalue weighted by Crippen LogP contribution is 2.27. The zero-order valence-electron chi connectivity index (χ0n) is 13.8. The fraction of sp³-hybridized carbons (Fsp3) is 0.0556. The maximum absolute atomic E-state index is 5.96. The minimum Gasteiger partial charge on any atom is -0.481 e. The molecule has 4 rings (SSSR count). The molecule has 8 heteroatoms. The fourth-order valence-electron chi connectivity index (χ4n) is 2.36. The summed E-state index contributed by atoms with van der Waals surface area (Å²) in [6, 6.07) is 13.0. The number of methoxy groups -OCH3 is 1. The molecule has 0 radical (unpaired) electrons. The summed E-state index contributed by atoms with van der Waals surface area (Å²) in [5, 5.41) is 8.11. The molecule has 0 unspecified atom stereocenters. The normalized spacial score (nSPS) is 10.7. The number of pyridine rings is 1. The van der Waals surface area contributed by atoms with Gasteiger partial charge >= 0.3 is 0 Å². The second-order valence-electron chi connectivity index (χ2n) is 5.36. The SMILES string of the molecule is COc1ccc(-c2cnc(N)c(-c3nnc(-c4ccccc4)o3)n2)cn1.[HH].[HH]. The summed E-state index contributed by atoms with van der Waals surface area (Å²) in [6.07, 6.45) is 3.21. The van der Waals surface area contributed by atoms with Gasteiger partial charge in [-0.05, 0) is 18.2 Å². The second kappa shape index (κ2) is 6.60. The van der Waals surface area contributed by atoms with Crippen molar-refractivity contribution in [2.75, 3.05) is 12.8 Å². The number of nitrogens with zero attached hydrogens (tertiary/aromatic N) is 5. The summed E-state index contributed by atoms with van der Waals surface area (Å²) in [5.74, 6) is 1.32. The molecule has 0 saturated heterocycles. The lowest BCUT2D eigenvalue weighted by Gasteiger charge is -2.05. The number of rotatable bonds is 4. The first-order valence-corrected chi connectivity index (χ1v) is 7.77. The smallest absolute Gasteiger partial charge is 0.270 e. The van der Waals surface area contributed by atoms with E-state index in [1.165, 1.54) is 0 Å². The zero-order valence-corrected chi connectivity index (χ0v) is 13.8. The van der Waals surface area contributed by atoms with Crippen molar-refractivity contribution in [2.24, 2.45) is 0 Å². The summed E-state index contributed by atoms with van der Waals surface area (Å²) < 4.78 is 10.8. The van der Waals surface area contributed by atoms with Crippen molar-refractivity contribution in [3.05, 3.63) is 54.9 Å². The van der Waals surface area contributed by atoms with Crippen LogP contribution in [0.25, 0.3) is 34.3 Å². The maximum atomic E-state index is 5.96. The summed E-state index contributed by atoms with van der Waals surface area (Å²) >= 11 is 0. The highest BCUT2D eigenvalue weighted by Gasteiger charge is 2.16. The van der Waals surface area contributed by atoms with Crippen molar-refractivity contribution in [1.29, 1.82) is 0 Å². The van der Waals surface area contributed by atoms with E-state index >= 15 is 0 Å². The highest BCUT2D eigenvalue weighted by atomic mass is 16.5. The van der Waals surface area contributed by atoms with Crippen LogP contribution in [0, 0.1) is 0 Å². The molecule has 0 amide bonds. The zero-order chi connectivity index (χ0) is 17.9. The molecule has 0 bridgehead atoms. The quantitative estimate of drug-likeness (QED) is 0.596. The van der Waals surface area contributed by atoms with Gasteiger partial charge in [-0.25, -0.2) is 15.0 Å². The van der Waals surface area contributed by atoms with Crippen molar-refractivity contribution in [2.45, 2.75) is 0 Å². The first-order chi connectivity index (χ1) is 12.7. The Labute approximate surface area is 151 Å². The van der Waals surface area contributed by atoms with Crippen LogP contribution in [0.15, 0.2) is 59.3 Å². The Kier molecular flexibility index (Phi) is 3.98. The highest BCUT2D eigenvalue weighted by molar-refractivity contribution is 5.68. The van der Waals surface area contributed by atoms with Gasteiger partial charge in [-0.2, -0.15) is 0 Å². The van der Waals surface area contributed by atoms with Crippen LogP contribution in [0.1, 0.15) is 2.85 Å². The predicted molar refractivity (Wildman–Crippen MR) is 99.2 cm³/mol. The van der Waals surface area contributed by atoms with Crippen molar-refractivity contribution >= 4 is 5.82 Å². The molecule has 1 aromatic carbocycles. The molecule has 0 aliphatic rings. The minimum absolute atomic E-state index is 0. The predicted octanol–water partition coefficient (Wildman–Crippen LogP) is 3.34. The van der Waals surface area contributed by atoms with Gasteiger partial charge in [-0.15, -0.1) is 10.2 Å². The van der Waals surface area contributed by atoms with Crippen LogP contribution in [-0.2, 0) is 0 Å². The molecule has 0 fully saturated rings. The molecule has 2 N–H and O–H groups in total. The second-order valence-corrected chi connectivity index (χ2v) is 5.36. The molecule has 3 heterocycles. The van der Waals surface area contributed by atoms with Gasteiger partial charge in [0.15, 0.2) is 11.5 Å². The van der Waals surface area contributed by atoms with E-state index in [9.17, 15) is 0 Å². The monoisotopic (exact) mass is 350 g/mol. The molecule has 26 heavy (non-hydrogen) atoms. The van der Waals surface area contributed by atoms with Gasteiger partial charge in [0.1, 0.15) is 0 Å². The van der Waals surface area contributed by atoms with Crippen LogP contribution >= 0.6 is 0 Å². The van der Waals surface area contributed by atoms with E-state index in [4.69, 9.17) is 14.9 Å². The number of benzene rings is 1. The Bertz CT molecular complexity index is 1040. The van der Waals surface area contributed by atoms with Crippen LogP contribution in [0.2, 0.25) is 0 Å². The molecule has 3 aromatic heterocycles. The van der Waals surface area contributed by atoms with E-state index in [1.807, 2.05) is 36.4 Å². The lowest BCUT2D eigenvalue weighted by molar-refractivity contribution is 0.398. The molecule has 8 nitrogen and oxygen atoms in total. The molecule has 0 spiro atoms. The number of anilines is 1. The molecule has 0 aliphatic heterocycles. The Morgan fingerprint density at radius 1 is 0.923 bits per heavy atom. The average Bonchev–Trinajstić information content (AvgIpc) is 3.19. The van der Waals surface area contributed by atoms with Crippen molar-refractivity contribution in [3.8, 4) is 40.2 Å². The molecule has 0 saturated carbocycles. The minimum atomic E-state index is 0. The summed E-state index contributed by atoms with van der Waals surface area (Å²) in [5.41, 5.74) is 8.45. The number of hydrogen-bond donors (Lipinski definition) is 1. The van der Waals surface area contributed by atoms with Gasteiger partial charge < -0.3 is 14.9 Å². The molecular formula is C18H18N6O2. The van der Waals surface area contributed by atoms with Gasteiger partial charge in [0, 0.05) is 26.2 Å². The third-order valence-electron chi connectivity index (χ3n) is 3.69. The van der Waals surface area contributed by atoms with Gasteiger partial charge in [0.25, 0.3) is 5.89 Å². The fourth-order valence-corrected chi connectivity index (χ4v) is 2.36. The Morgan fingerprint density at radius 3 is 2.46 bits per heavy atom. The average molecular weight is 350 g/mol. The summed E-state index contributed by atoms with van der Waals surface area (Å²) in [4.78, 5) is 12.9. The van der Waals surface area contributed by atoms with E-state index in [-0.39, 0.29) is 14.6 Å². The standard InChI is InChI=1S/C18H14N6O2.2H2/c1-25-14-8-7-12(9-20-14)13-10-21-16(19)15(22-13)18-24-23-17(26-18)11-5-3-2-4-6-11;;/h2-10H,1H3,(H2,19,21);2*1H. The Hall–Kier alpha value is -3.81. The van der Waals surface area contributed by atoms with Gasteiger partial charge in [0.05, 0.1) is 19.0 Å². The van der Waals surface area contributed by atoms with Gasteiger partial charge in [-0.3, -0.25) is 0 Å². The topological polar surface area (TPSA) is 113 Å². The Balaban J connectivity index is 0.00000140. The number of nitrogen functional groups attached to an aromatic ring is 1.